The highest BCUT2D eigenvalue weighted by Gasteiger charge is 2.32. The molecule has 1 saturated heterocycles. The Hall–Kier alpha value is -3.80. The minimum absolute atomic E-state index is 0.0573. The maximum atomic E-state index is 13.7. The van der Waals surface area contributed by atoms with E-state index in [4.69, 9.17) is 20.8 Å². The monoisotopic (exact) mass is 465 g/mol. The fraction of sp³-hybridized carbons (Fsp3) is 0.211. The van der Waals surface area contributed by atoms with Gasteiger partial charge in [-0.05, 0) is 12.1 Å². The lowest BCUT2D eigenvalue weighted by Crippen LogP contribution is -2.49. The van der Waals surface area contributed by atoms with Gasteiger partial charge in [-0.25, -0.2) is 13.8 Å². The maximum absolute atomic E-state index is 13.7. The molecule has 0 saturated carbocycles. The Kier molecular flexibility index (Phi) is 5.86. The molecule has 13 heteroatoms. The number of hydrogen-bond donors (Lipinski definition) is 0. The third-order valence-corrected chi connectivity index (χ3v) is 5.08. The summed E-state index contributed by atoms with van der Waals surface area (Å²) in [5.74, 6) is -3.21. The number of piperazine rings is 1. The van der Waals surface area contributed by atoms with Crippen LogP contribution in [-0.4, -0.2) is 51.9 Å². The van der Waals surface area contributed by atoms with E-state index < -0.39 is 38.9 Å². The van der Waals surface area contributed by atoms with Gasteiger partial charge in [0.1, 0.15) is 23.0 Å². The van der Waals surface area contributed by atoms with Crippen LogP contribution in [0.25, 0.3) is 0 Å². The van der Waals surface area contributed by atoms with Crippen molar-refractivity contribution in [1.82, 2.24) is 14.9 Å². The number of carbonyl (C=O) groups excluding carboxylic acids is 1. The van der Waals surface area contributed by atoms with Gasteiger partial charge in [-0.1, -0.05) is 11.6 Å². The van der Waals surface area contributed by atoms with Crippen LogP contribution in [0.15, 0.2) is 41.3 Å². The summed E-state index contributed by atoms with van der Waals surface area (Å²) < 4.78 is 37.7. The number of aromatic nitrogens is 2. The van der Waals surface area contributed by atoms with E-state index in [0.717, 1.165) is 12.4 Å². The van der Waals surface area contributed by atoms with Crippen LogP contribution in [0.3, 0.4) is 0 Å². The van der Waals surface area contributed by atoms with Crippen LogP contribution < -0.4 is 9.64 Å². The van der Waals surface area contributed by atoms with Crippen LogP contribution in [-0.2, 0) is 0 Å². The van der Waals surface area contributed by atoms with E-state index in [2.05, 4.69) is 9.97 Å². The van der Waals surface area contributed by atoms with Crippen LogP contribution in [0.2, 0.25) is 5.02 Å². The van der Waals surface area contributed by atoms with E-state index in [0.29, 0.717) is 6.07 Å². The molecule has 1 fully saturated rings. The minimum atomic E-state index is -1.09. The number of nitrogens with zero attached hydrogens (tertiary/aromatic N) is 5. The SMILES string of the molecule is O=C(c1ccco1)N1CCN(c2ncnc(Oc3cc(F)cc(F)c3Cl)c2[N+](=O)[O-])CC1. The second kappa shape index (κ2) is 8.75. The molecule has 0 radical (unpaired) electrons. The van der Waals surface area contributed by atoms with E-state index in [1.165, 1.54) is 6.26 Å². The predicted molar refractivity (Wildman–Crippen MR) is 107 cm³/mol. The summed E-state index contributed by atoms with van der Waals surface area (Å²) in [7, 11) is 0. The first-order chi connectivity index (χ1) is 15.3. The number of halogens is 3. The van der Waals surface area contributed by atoms with Crippen molar-refractivity contribution in [2.45, 2.75) is 0 Å². The number of hydrogen-bond acceptors (Lipinski definition) is 8. The highest BCUT2D eigenvalue weighted by molar-refractivity contribution is 6.32. The number of anilines is 1. The van der Waals surface area contributed by atoms with Crippen molar-refractivity contribution in [2.24, 2.45) is 0 Å². The molecule has 32 heavy (non-hydrogen) atoms. The lowest BCUT2D eigenvalue weighted by Gasteiger charge is -2.34. The summed E-state index contributed by atoms with van der Waals surface area (Å²) in [5.41, 5.74) is -0.598. The Morgan fingerprint density at radius 2 is 1.97 bits per heavy atom. The molecule has 0 bridgehead atoms. The third kappa shape index (κ3) is 4.17. The molecule has 0 unspecified atom stereocenters. The first-order valence-corrected chi connectivity index (χ1v) is 9.62. The summed E-state index contributed by atoms with van der Waals surface area (Å²) >= 11 is 5.79. The topological polar surface area (TPSA) is 115 Å². The van der Waals surface area contributed by atoms with Crippen molar-refractivity contribution >= 4 is 29.0 Å². The molecule has 0 spiro atoms. The molecule has 2 aromatic heterocycles. The van der Waals surface area contributed by atoms with Gasteiger partial charge in [0.05, 0.1) is 11.2 Å². The lowest BCUT2D eigenvalue weighted by atomic mass is 10.2. The van der Waals surface area contributed by atoms with Gasteiger partial charge in [-0.3, -0.25) is 14.9 Å². The van der Waals surface area contributed by atoms with E-state index in [1.54, 1.807) is 21.9 Å². The zero-order valence-electron chi connectivity index (χ0n) is 16.2. The Labute approximate surface area is 184 Å². The second-order valence-corrected chi connectivity index (χ2v) is 7.04. The van der Waals surface area contributed by atoms with Crippen molar-refractivity contribution in [3.63, 3.8) is 0 Å². The van der Waals surface area contributed by atoms with Gasteiger partial charge in [0, 0.05) is 38.3 Å². The molecule has 1 aromatic carbocycles. The Balaban J connectivity index is 1.58. The average molecular weight is 466 g/mol. The first-order valence-electron chi connectivity index (χ1n) is 9.24. The second-order valence-electron chi connectivity index (χ2n) is 6.67. The molecule has 4 rings (SSSR count). The predicted octanol–water partition coefficient (Wildman–Crippen LogP) is 3.66. The zero-order chi connectivity index (χ0) is 22.8. The summed E-state index contributed by atoms with van der Waals surface area (Å²) in [6.07, 6.45) is 2.42. The molecule has 0 atom stereocenters. The quantitative estimate of drug-likeness (QED) is 0.318. The first kappa shape index (κ1) is 21.4. The highest BCUT2D eigenvalue weighted by atomic mass is 35.5. The Morgan fingerprint density at radius 1 is 1.22 bits per heavy atom. The fourth-order valence-corrected chi connectivity index (χ4v) is 3.36. The van der Waals surface area contributed by atoms with Crippen molar-refractivity contribution in [3.05, 3.63) is 69.4 Å². The highest BCUT2D eigenvalue weighted by Crippen LogP contribution is 2.39. The number of carbonyl (C=O) groups is 1. The van der Waals surface area contributed by atoms with Gasteiger partial charge in [0.25, 0.3) is 5.91 Å². The molecule has 0 N–H and O–H groups in total. The Bertz CT molecular complexity index is 1170. The van der Waals surface area contributed by atoms with Crippen molar-refractivity contribution < 1.29 is 27.7 Å². The average Bonchev–Trinajstić information content (AvgIpc) is 3.31. The number of amides is 1. The Morgan fingerprint density at radius 3 is 2.62 bits per heavy atom. The van der Waals surface area contributed by atoms with Crippen molar-refractivity contribution in [1.29, 1.82) is 0 Å². The molecule has 10 nitrogen and oxygen atoms in total. The number of benzene rings is 1. The molecule has 3 aromatic rings. The van der Waals surface area contributed by atoms with E-state index in [1.807, 2.05) is 0 Å². The van der Waals surface area contributed by atoms with Crippen molar-refractivity contribution in [3.8, 4) is 11.6 Å². The van der Waals surface area contributed by atoms with Crippen LogP contribution in [0.5, 0.6) is 11.6 Å². The van der Waals surface area contributed by atoms with Crippen LogP contribution in [0.1, 0.15) is 10.6 Å². The zero-order valence-corrected chi connectivity index (χ0v) is 17.0. The number of nitro groups is 1. The van der Waals surface area contributed by atoms with Crippen LogP contribution in [0, 0.1) is 21.7 Å². The molecular weight excluding hydrogens is 452 g/mol. The number of rotatable bonds is 5. The van der Waals surface area contributed by atoms with Gasteiger partial charge in [0.15, 0.2) is 11.5 Å². The standard InChI is InChI=1S/C19H14ClF2N5O5/c20-15-12(22)8-11(21)9-14(15)32-18-16(27(29)30)17(23-10-24-18)25-3-5-26(6-4-25)19(28)13-2-1-7-31-13/h1-2,7-10H,3-6H2. The van der Waals surface area contributed by atoms with Gasteiger partial charge < -0.3 is 19.0 Å². The molecule has 1 amide bonds. The summed E-state index contributed by atoms with van der Waals surface area (Å²) in [5, 5.41) is 11.2. The van der Waals surface area contributed by atoms with Gasteiger partial charge in [0.2, 0.25) is 5.82 Å². The fourth-order valence-electron chi connectivity index (χ4n) is 3.21. The minimum Gasteiger partial charge on any atom is -0.459 e. The number of ether oxygens (including phenoxy) is 1. The van der Waals surface area contributed by atoms with Crippen LogP contribution >= 0.6 is 11.6 Å². The van der Waals surface area contributed by atoms with E-state index in [-0.39, 0.29) is 43.7 Å². The maximum Gasteiger partial charge on any atom is 0.373 e. The van der Waals surface area contributed by atoms with Crippen LogP contribution in [0.4, 0.5) is 20.3 Å². The molecular formula is C19H14ClF2N5O5. The molecule has 1 aliphatic heterocycles. The number of furan rings is 1. The largest absolute Gasteiger partial charge is 0.459 e. The molecule has 166 valence electrons. The van der Waals surface area contributed by atoms with E-state index >= 15 is 0 Å². The van der Waals surface area contributed by atoms with Crippen molar-refractivity contribution in [2.75, 3.05) is 31.1 Å². The smallest absolute Gasteiger partial charge is 0.373 e. The van der Waals surface area contributed by atoms with E-state index in [9.17, 15) is 23.7 Å². The van der Waals surface area contributed by atoms with Gasteiger partial charge in [-0.15, -0.1) is 0 Å². The lowest BCUT2D eigenvalue weighted by molar-refractivity contribution is -0.385. The summed E-state index contributed by atoms with van der Waals surface area (Å²) in [4.78, 5) is 34.3. The summed E-state index contributed by atoms with van der Waals surface area (Å²) in [6, 6.07) is 4.49. The summed E-state index contributed by atoms with van der Waals surface area (Å²) in [6.45, 7) is 0.994. The van der Waals surface area contributed by atoms with Gasteiger partial charge in [-0.2, -0.15) is 4.98 Å². The molecule has 1 aliphatic rings. The van der Waals surface area contributed by atoms with Gasteiger partial charge >= 0.3 is 11.6 Å². The third-order valence-electron chi connectivity index (χ3n) is 4.72. The molecule has 3 heterocycles. The normalized spacial score (nSPS) is 13.8. The molecule has 0 aliphatic carbocycles.